The number of carbonyl (C=O) groups is 1. The average molecular weight is 188 g/mol. The van der Waals surface area contributed by atoms with Gasteiger partial charge >= 0.3 is 0 Å². The van der Waals surface area contributed by atoms with Crippen LogP contribution in [0.5, 0.6) is 0 Å². The third kappa shape index (κ3) is 1.55. The van der Waals surface area contributed by atoms with Crippen LogP contribution in [0.4, 0.5) is 0 Å². The highest BCUT2D eigenvalue weighted by molar-refractivity contribution is 7.82. The molecule has 0 aliphatic carbocycles. The minimum Gasteiger partial charge on any atom is -0.367 e. The van der Waals surface area contributed by atoms with Crippen molar-refractivity contribution in [2.45, 2.75) is 4.87 Å². The number of hydrogen-bond donors (Lipinski definition) is 3. The van der Waals surface area contributed by atoms with E-state index in [4.69, 9.17) is 11.5 Å². The Morgan fingerprint density at radius 1 is 1.73 bits per heavy atom. The summed E-state index contributed by atoms with van der Waals surface area (Å²) in [6, 6.07) is 3.52. The largest absolute Gasteiger partial charge is 0.367 e. The van der Waals surface area contributed by atoms with Gasteiger partial charge < -0.3 is 11.5 Å². The molecule has 1 aromatic heterocycles. The maximum absolute atomic E-state index is 10.7. The number of hydrogen-bond acceptors (Lipinski definition) is 4. The van der Waals surface area contributed by atoms with Crippen LogP contribution in [0.2, 0.25) is 0 Å². The first-order chi connectivity index (χ1) is 5.05. The van der Waals surface area contributed by atoms with Crippen LogP contribution in [0, 0.1) is 0 Å². The second-order valence-corrected chi connectivity index (χ2v) is 3.76. The number of thiol groups is 1. The van der Waals surface area contributed by atoms with Gasteiger partial charge in [0, 0.05) is 4.88 Å². The molecule has 1 heterocycles. The summed E-state index contributed by atoms with van der Waals surface area (Å²) in [5.41, 5.74) is 10.6. The van der Waals surface area contributed by atoms with Crippen LogP contribution in [0.25, 0.3) is 0 Å². The molecule has 0 aliphatic heterocycles. The molecular weight excluding hydrogens is 180 g/mol. The summed E-state index contributed by atoms with van der Waals surface area (Å²) in [6.45, 7) is 0. The monoisotopic (exact) mass is 188 g/mol. The number of thiophene rings is 1. The van der Waals surface area contributed by atoms with Crippen molar-refractivity contribution in [2.75, 3.05) is 0 Å². The van der Waals surface area contributed by atoms with Crippen LogP contribution < -0.4 is 11.5 Å². The lowest BCUT2D eigenvalue weighted by molar-refractivity contribution is -0.120. The van der Waals surface area contributed by atoms with E-state index in [9.17, 15) is 4.79 Å². The summed E-state index contributed by atoms with van der Waals surface area (Å²) >= 11 is 5.31. The smallest absolute Gasteiger partial charge is 0.253 e. The normalized spacial score (nSPS) is 15.8. The molecule has 0 bridgehead atoms. The molecule has 0 saturated carbocycles. The lowest BCUT2D eigenvalue weighted by atomic mass is 10.2. The SMILES string of the molecule is NC(=O)C(N)(S)c1cccs1. The molecule has 60 valence electrons. The predicted octanol–water partition coefficient (Wildman–Crippen LogP) is 0.275. The number of primary amides is 1. The molecule has 0 spiro atoms. The van der Waals surface area contributed by atoms with Crippen LogP contribution in [-0.2, 0) is 9.67 Å². The third-order valence-corrected chi connectivity index (χ3v) is 2.89. The first kappa shape index (κ1) is 8.58. The Bertz CT molecular complexity index is 256. The molecule has 3 nitrogen and oxygen atoms in total. The minimum absolute atomic E-state index is 0.636. The van der Waals surface area contributed by atoms with E-state index in [0.717, 1.165) is 0 Å². The second kappa shape index (κ2) is 2.84. The van der Waals surface area contributed by atoms with E-state index in [0.29, 0.717) is 4.88 Å². The van der Waals surface area contributed by atoms with Gasteiger partial charge in [-0.05, 0) is 11.4 Å². The van der Waals surface area contributed by atoms with Crippen molar-refractivity contribution in [1.29, 1.82) is 0 Å². The molecule has 1 aromatic rings. The Morgan fingerprint density at radius 3 is 2.73 bits per heavy atom. The van der Waals surface area contributed by atoms with E-state index >= 15 is 0 Å². The number of carbonyl (C=O) groups excluding carboxylic acids is 1. The van der Waals surface area contributed by atoms with Gasteiger partial charge in [0.25, 0.3) is 5.91 Å². The Kier molecular flexibility index (Phi) is 2.22. The fraction of sp³-hybridized carbons (Fsp3) is 0.167. The molecule has 1 atom stereocenters. The van der Waals surface area contributed by atoms with Gasteiger partial charge in [-0.2, -0.15) is 0 Å². The van der Waals surface area contributed by atoms with Gasteiger partial charge in [0.1, 0.15) is 0 Å². The Labute approximate surface area is 73.8 Å². The third-order valence-electron chi connectivity index (χ3n) is 1.27. The zero-order valence-corrected chi connectivity index (χ0v) is 7.36. The van der Waals surface area contributed by atoms with E-state index in [1.165, 1.54) is 11.3 Å². The Hall–Kier alpha value is -0.520. The minimum atomic E-state index is -1.33. The van der Waals surface area contributed by atoms with Crippen molar-refractivity contribution in [3.63, 3.8) is 0 Å². The quantitative estimate of drug-likeness (QED) is 0.461. The van der Waals surface area contributed by atoms with Crippen molar-refractivity contribution in [1.82, 2.24) is 0 Å². The zero-order valence-electron chi connectivity index (χ0n) is 5.65. The first-order valence-corrected chi connectivity index (χ1v) is 4.23. The molecule has 0 aromatic carbocycles. The van der Waals surface area contributed by atoms with Gasteiger partial charge in [-0.1, -0.05) is 6.07 Å². The highest BCUT2D eigenvalue weighted by Gasteiger charge is 2.30. The topological polar surface area (TPSA) is 69.1 Å². The Morgan fingerprint density at radius 2 is 2.36 bits per heavy atom. The molecule has 0 radical (unpaired) electrons. The van der Waals surface area contributed by atoms with Gasteiger partial charge in [-0.15, -0.1) is 24.0 Å². The molecule has 0 saturated heterocycles. The summed E-state index contributed by atoms with van der Waals surface area (Å²) in [4.78, 5) is 10.1. The van der Waals surface area contributed by atoms with Gasteiger partial charge in [0.05, 0.1) is 0 Å². The van der Waals surface area contributed by atoms with Crippen molar-refractivity contribution < 1.29 is 4.79 Å². The molecule has 4 N–H and O–H groups in total. The summed E-state index contributed by atoms with van der Waals surface area (Å²) in [5, 5.41) is 1.82. The van der Waals surface area contributed by atoms with E-state index in [1.807, 2.05) is 5.38 Å². The van der Waals surface area contributed by atoms with Crippen molar-refractivity contribution in [3.8, 4) is 0 Å². The number of rotatable bonds is 2. The maximum atomic E-state index is 10.7. The van der Waals surface area contributed by atoms with Crippen molar-refractivity contribution in [2.24, 2.45) is 11.5 Å². The van der Waals surface area contributed by atoms with Crippen LogP contribution in [0.15, 0.2) is 17.5 Å². The fourth-order valence-electron chi connectivity index (χ4n) is 0.617. The predicted molar refractivity (Wildman–Crippen MR) is 48.4 cm³/mol. The molecule has 1 unspecified atom stereocenters. The molecule has 5 heteroatoms. The summed E-state index contributed by atoms with van der Waals surface area (Å²) < 4.78 is 0. The van der Waals surface area contributed by atoms with Gasteiger partial charge in [-0.3, -0.25) is 4.79 Å². The van der Waals surface area contributed by atoms with Crippen LogP contribution >= 0.6 is 24.0 Å². The molecule has 1 amide bonds. The van der Waals surface area contributed by atoms with Gasteiger partial charge in [0.15, 0.2) is 4.87 Å². The van der Waals surface area contributed by atoms with Crippen LogP contribution in [-0.4, -0.2) is 5.91 Å². The standard InChI is InChI=1S/C6H8N2OS2/c7-5(9)6(8,10)4-2-1-3-11-4/h1-3,10H,8H2,(H2,7,9). The van der Waals surface area contributed by atoms with E-state index in [1.54, 1.807) is 12.1 Å². The van der Waals surface area contributed by atoms with E-state index in [-0.39, 0.29) is 0 Å². The highest BCUT2D eigenvalue weighted by atomic mass is 32.1. The molecular formula is C6H8N2OS2. The lowest BCUT2D eigenvalue weighted by Crippen LogP contribution is -2.43. The van der Waals surface area contributed by atoms with E-state index in [2.05, 4.69) is 12.6 Å². The summed E-state index contributed by atoms with van der Waals surface area (Å²) in [6.07, 6.45) is 0. The fourth-order valence-corrected chi connectivity index (χ4v) is 1.59. The van der Waals surface area contributed by atoms with Crippen LogP contribution in [0.3, 0.4) is 0 Å². The molecule has 0 aliphatic rings. The number of amides is 1. The second-order valence-electron chi connectivity index (χ2n) is 2.11. The van der Waals surface area contributed by atoms with Gasteiger partial charge in [0.2, 0.25) is 0 Å². The van der Waals surface area contributed by atoms with E-state index < -0.39 is 10.8 Å². The molecule has 0 fully saturated rings. The van der Waals surface area contributed by atoms with Crippen molar-refractivity contribution in [3.05, 3.63) is 22.4 Å². The first-order valence-electron chi connectivity index (χ1n) is 2.90. The lowest BCUT2D eigenvalue weighted by Gasteiger charge is -2.16. The Balaban J connectivity index is 3.00. The summed E-state index contributed by atoms with van der Waals surface area (Å²) in [5.74, 6) is -0.636. The number of nitrogens with two attached hydrogens (primary N) is 2. The summed E-state index contributed by atoms with van der Waals surface area (Å²) in [7, 11) is 0. The van der Waals surface area contributed by atoms with Crippen LogP contribution in [0.1, 0.15) is 4.88 Å². The average Bonchev–Trinajstić information content (AvgIpc) is 2.37. The molecule has 11 heavy (non-hydrogen) atoms. The van der Waals surface area contributed by atoms with Gasteiger partial charge in [-0.25, -0.2) is 0 Å². The highest BCUT2D eigenvalue weighted by Crippen LogP contribution is 2.25. The maximum Gasteiger partial charge on any atom is 0.253 e. The van der Waals surface area contributed by atoms with Crippen molar-refractivity contribution >= 4 is 29.9 Å². The zero-order chi connectivity index (χ0) is 8.48. The molecule has 1 rings (SSSR count).